The van der Waals surface area contributed by atoms with E-state index in [-0.39, 0.29) is 5.91 Å². The van der Waals surface area contributed by atoms with Crippen LogP contribution in [0, 0.1) is 5.92 Å². The largest absolute Gasteiger partial charge is 0.353 e. The van der Waals surface area contributed by atoms with Gasteiger partial charge < -0.3 is 16.0 Å². The number of carbonyl (C=O) groups is 1. The number of hydrogen-bond acceptors (Lipinski definition) is 3. The van der Waals surface area contributed by atoms with Gasteiger partial charge in [0.15, 0.2) is 0 Å². The zero-order valence-electron chi connectivity index (χ0n) is 10.7. The molecule has 1 aliphatic heterocycles. The van der Waals surface area contributed by atoms with Gasteiger partial charge in [0.2, 0.25) is 5.91 Å². The predicted molar refractivity (Wildman–Crippen MR) is 68.6 cm³/mol. The van der Waals surface area contributed by atoms with Gasteiger partial charge >= 0.3 is 0 Å². The topological polar surface area (TPSA) is 58.4 Å². The number of nitrogens with one attached hydrogen (secondary N) is 1. The summed E-state index contributed by atoms with van der Waals surface area (Å²) in [6.07, 6.45) is 6.46. The highest BCUT2D eigenvalue weighted by Crippen LogP contribution is 2.30. The fraction of sp³-hybridized carbons (Fsp3) is 0.923. The van der Waals surface area contributed by atoms with Gasteiger partial charge in [0, 0.05) is 32.1 Å². The number of nitrogens with zero attached hydrogens (tertiary/aromatic N) is 1. The molecule has 1 amide bonds. The molecule has 0 bridgehead atoms. The number of amides is 1. The Bertz CT molecular complexity index is 245. The van der Waals surface area contributed by atoms with Crippen molar-refractivity contribution in [1.29, 1.82) is 0 Å². The minimum Gasteiger partial charge on any atom is -0.353 e. The van der Waals surface area contributed by atoms with Crippen LogP contribution in [0.3, 0.4) is 0 Å². The Hall–Kier alpha value is -0.610. The molecule has 1 heterocycles. The lowest BCUT2D eigenvalue weighted by atomic mass is 10.0. The number of piperidine rings is 1. The third-order valence-corrected chi connectivity index (χ3v) is 3.77. The Balaban J connectivity index is 1.59. The molecular weight excluding hydrogens is 214 g/mol. The minimum atomic E-state index is 0.177. The third-order valence-electron chi connectivity index (χ3n) is 3.77. The van der Waals surface area contributed by atoms with Crippen molar-refractivity contribution in [3.63, 3.8) is 0 Å². The van der Waals surface area contributed by atoms with E-state index in [1.165, 1.54) is 19.4 Å². The predicted octanol–water partition coefficient (Wildman–Crippen LogP) is 0.716. The number of hydrogen-bond donors (Lipinski definition) is 2. The van der Waals surface area contributed by atoms with E-state index in [1.54, 1.807) is 0 Å². The van der Waals surface area contributed by atoms with Crippen LogP contribution < -0.4 is 11.1 Å². The van der Waals surface area contributed by atoms with E-state index >= 15 is 0 Å². The molecular formula is C13H25N3O. The standard InChI is InChI=1S/C13H25N3O/c14-7-1-2-13(17)15-12-5-8-16(9-6-12)10-11-3-4-11/h11-12H,1-10,14H2,(H,15,17). The van der Waals surface area contributed by atoms with E-state index in [2.05, 4.69) is 10.2 Å². The second-order valence-corrected chi connectivity index (χ2v) is 5.48. The third kappa shape index (κ3) is 4.64. The Labute approximate surface area is 104 Å². The maximum absolute atomic E-state index is 11.6. The van der Waals surface area contributed by atoms with Crippen LogP contribution in [-0.2, 0) is 4.79 Å². The zero-order valence-corrected chi connectivity index (χ0v) is 10.7. The van der Waals surface area contributed by atoms with E-state index in [9.17, 15) is 4.79 Å². The van der Waals surface area contributed by atoms with Crippen molar-refractivity contribution in [2.45, 2.75) is 44.6 Å². The summed E-state index contributed by atoms with van der Waals surface area (Å²) in [5.74, 6) is 1.15. The van der Waals surface area contributed by atoms with E-state index < -0.39 is 0 Å². The molecule has 1 aliphatic carbocycles. The normalized spacial score (nSPS) is 22.6. The number of carbonyl (C=O) groups excluding carboxylic acids is 1. The first kappa shape index (κ1) is 12.8. The van der Waals surface area contributed by atoms with Crippen LogP contribution in [0.4, 0.5) is 0 Å². The molecule has 0 aromatic heterocycles. The molecule has 4 heteroatoms. The first-order valence-electron chi connectivity index (χ1n) is 6.99. The van der Waals surface area contributed by atoms with Gasteiger partial charge in [0.1, 0.15) is 0 Å². The molecule has 0 aromatic rings. The first-order chi connectivity index (χ1) is 8.28. The Morgan fingerprint density at radius 1 is 1.24 bits per heavy atom. The summed E-state index contributed by atoms with van der Waals surface area (Å²) in [5.41, 5.74) is 5.39. The Morgan fingerprint density at radius 3 is 2.53 bits per heavy atom. The number of rotatable bonds is 6. The van der Waals surface area contributed by atoms with Crippen molar-refractivity contribution in [3.8, 4) is 0 Å². The second-order valence-electron chi connectivity index (χ2n) is 5.48. The van der Waals surface area contributed by atoms with Crippen molar-refractivity contribution >= 4 is 5.91 Å². The van der Waals surface area contributed by atoms with Crippen LogP contribution in [0.15, 0.2) is 0 Å². The number of nitrogens with two attached hydrogens (primary N) is 1. The molecule has 0 unspecified atom stereocenters. The molecule has 2 rings (SSSR count). The maximum Gasteiger partial charge on any atom is 0.220 e. The minimum absolute atomic E-state index is 0.177. The van der Waals surface area contributed by atoms with Gasteiger partial charge in [0.25, 0.3) is 0 Å². The molecule has 3 N–H and O–H groups in total. The van der Waals surface area contributed by atoms with Crippen LogP contribution in [0.2, 0.25) is 0 Å². The smallest absolute Gasteiger partial charge is 0.220 e. The Kier molecular flexibility index (Phi) is 4.80. The molecule has 2 aliphatic rings. The van der Waals surface area contributed by atoms with E-state index in [1.807, 2.05) is 0 Å². The van der Waals surface area contributed by atoms with Crippen molar-refractivity contribution in [3.05, 3.63) is 0 Å². The van der Waals surface area contributed by atoms with Crippen molar-refractivity contribution in [1.82, 2.24) is 10.2 Å². The lowest BCUT2D eigenvalue weighted by Gasteiger charge is -2.32. The lowest BCUT2D eigenvalue weighted by Crippen LogP contribution is -2.45. The molecule has 0 radical (unpaired) electrons. The van der Waals surface area contributed by atoms with E-state index in [0.29, 0.717) is 19.0 Å². The summed E-state index contributed by atoms with van der Waals surface area (Å²) in [4.78, 5) is 14.1. The van der Waals surface area contributed by atoms with Gasteiger partial charge in [-0.15, -0.1) is 0 Å². The molecule has 1 saturated heterocycles. The van der Waals surface area contributed by atoms with Crippen LogP contribution in [-0.4, -0.2) is 43.0 Å². The quantitative estimate of drug-likeness (QED) is 0.718. The van der Waals surface area contributed by atoms with Gasteiger partial charge in [-0.2, -0.15) is 0 Å². The Morgan fingerprint density at radius 2 is 1.94 bits per heavy atom. The van der Waals surface area contributed by atoms with Gasteiger partial charge in [-0.05, 0) is 44.6 Å². The first-order valence-corrected chi connectivity index (χ1v) is 6.99. The van der Waals surface area contributed by atoms with Crippen molar-refractivity contribution in [2.24, 2.45) is 11.7 Å². The molecule has 98 valence electrons. The highest BCUT2D eigenvalue weighted by atomic mass is 16.1. The molecule has 0 atom stereocenters. The van der Waals surface area contributed by atoms with Crippen LogP contribution in [0.1, 0.15) is 38.5 Å². The van der Waals surface area contributed by atoms with Crippen molar-refractivity contribution in [2.75, 3.05) is 26.2 Å². The summed E-state index contributed by atoms with van der Waals surface area (Å²) >= 11 is 0. The average Bonchev–Trinajstić information content (AvgIpc) is 3.13. The second kappa shape index (κ2) is 6.36. The molecule has 2 fully saturated rings. The van der Waals surface area contributed by atoms with Crippen LogP contribution in [0.5, 0.6) is 0 Å². The van der Waals surface area contributed by atoms with E-state index in [0.717, 1.165) is 38.3 Å². The van der Waals surface area contributed by atoms with Crippen LogP contribution in [0.25, 0.3) is 0 Å². The van der Waals surface area contributed by atoms with E-state index in [4.69, 9.17) is 5.73 Å². The maximum atomic E-state index is 11.6. The molecule has 0 spiro atoms. The van der Waals surface area contributed by atoms with Gasteiger partial charge in [-0.1, -0.05) is 0 Å². The van der Waals surface area contributed by atoms with Gasteiger partial charge in [0.05, 0.1) is 0 Å². The summed E-state index contributed by atoms with van der Waals surface area (Å²) in [6, 6.07) is 0.399. The SMILES string of the molecule is NCCCC(=O)NC1CCN(CC2CC2)CC1. The van der Waals surface area contributed by atoms with Crippen molar-refractivity contribution < 1.29 is 4.79 Å². The number of likely N-dealkylation sites (tertiary alicyclic amines) is 1. The molecule has 0 aromatic carbocycles. The molecule has 1 saturated carbocycles. The fourth-order valence-electron chi connectivity index (χ4n) is 2.49. The monoisotopic (exact) mass is 239 g/mol. The van der Waals surface area contributed by atoms with Crippen LogP contribution >= 0.6 is 0 Å². The highest BCUT2D eigenvalue weighted by Gasteiger charge is 2.27. The summed E-state index contributed by atoms with van der Waals surface area (Å²) in [5, 5.41) is 3.12. The summed E-state index contributed by atoms with van der Waals surface area (Å²) < 4.78 is 0. The van der Waals surface area contributed by atoms with Gasteiger partial charge in [-0.3, -0.25) is 4.79 Å². The highest BCUT2D eigenvalue weighted by molar-refractivity contribution is 5.76. The summed E-state index contributed by atoms with van der Waals surface area (Å²) in [7, 11) is 0. The fourth-order valence-corrected chi connectivity index (χ4v) is 2.49. The lowest BCUT2D eigenvalue weighted by molar-refractivity contribution is -0.122. The zero-order chi connectivity index (χ0) is 12.1. The summed E-state index contributed by atoms with van der Waals surface area (Å²) in [6.45, 7) is 4.19. The molecule has 17 heavy (non-hydrogen) atoms. The van der Waals surface area contributed by atoms with Gasteiger partial charge in [-0.25, -0.2) is 0 Å². The average molecular weight is 239 g/mol. The molecule has 4 nitrogen and oxygen atoms in total.